The van der Waals surface area contributed by atoms with E-state index in [9.17, 15) is 4.79 Å². The summed E-state index contributed by atoms with van der Waals surface area (Å²) in [7, 11) is 0. The number of nitrogens with two attached hydrogens (primary N) is 1. The van der Waals surface area contributed by atoms with Crippen molar-refractivity contribution in [3.05, 3.63) is 23.4 Å². The molecule has 2 aromatic rings. The van der Waals surface area contributed by atoms with Crippen LogP contribution in [0.1, 0.15) is 32.6 Å². The maximum absolute atomic E-state index is 11.9. The Kier molecular flexibility index (Phi) is 8.22. The number of hydrogen-bond acceptors (Lipinski definition) is 6. The highest BCUT2D eigenvalue weighted by Crippen LogP contribution is 2.21. The lowest BCUT2D eigenvalue weighted by molar-refractivity contribution is -0.121. The number of halogens is 1. The lowest BCUT2D eigenvalue weighted by Crippen LogP contribution is -2.41. The van der Waals surface area contributed by atoms with E-state index in [-0.39, 0.29) is 24.4 Å². The van der Waals surface area contributed by atoms with E-state index >= 15 is 0 Å². The van der Waals surface area contributed by atoms with Gasteiger partial charge < -0.3 is 15.6 Å². The second-order valence-corrected chi connectivity index (χ2v) is 6.57. The van der Waals surface area contributed by atoms with Gasteiger partial charge in [0.05, 0.1) is 4.88 Å². The van der Waals surface area contributed by atoms with Crippen LogP contribution in [-0.4, -0.2) is 28.6 Å². The molecule has 0 saturated carbocycles. The first kappa shape index (κ1) is 19.6. The number of amides is 1. The molecule has 0 radical (unpaired) electrons. The van der Waals surface area contributed by atoms with Gasteiger partial charge in [-0.3, -0.25) is 4.79 Å². The lowest BCUT2D eigenvalue weighted by Gasteiger charge is -2.18. The van der Waals surface area contributed by atoms with Gasteiger partial charge in [-0.15, -0.1) is 23.7 Å². The Balaban J connectivity index is 0.00000264. The van der Waals surface area contributed by atoms with Gasteiger partial charge in [-0.1, -0.05) is 25.1 Å². The van der Waals surface area contributed by atoms with Gasteiger partial charge in [-0.05, 0) is 23.8 Å². The van der Waals surface area contributed by atoms with Crippen LogP contribution in [0.25, 0.3) is 10.7 Å². The summed E-state index contributed by atoms with van der Waals surface area (Å²) in [4.78, 5) is 17.2. The average molecular weight is 359 g/mol. The van der Waals surface area contributed by atoms with Gasteiger partial charge in [-0.2, -0.15) is 4.98 Å². The van der Waals surface area contributed by atoms with E-state index in [4.69, 9.17) is 10.3 Å². The van der Waals surface area contributed by atoms with Crippen LogP contribution in [0.2, 0.25) is 0 Å². The molecule has 0 aromatic carbocycles. The summed E-state index contributed by atoms with van der Waals surface area (Å²) in [6.07, 6.45) is 1.63. The van der Waals surface area contributed by atoms with Crippen LogP contribution >= 0.6 is 23.7 Å². The molecule has 1 unspecified atom stereocenters. The van der Waals surface area contributed by atoms with Crippen LogP contribution in [0.5, 0.6) is 0 Å². The molecule has 8 heteroatoms. The molecule has 0 fully saturated rings. The van der Waals surface area contributed by atoms with E-state index in [1.54, 1.807) is 11.3 Å². The van der Waals surface area contributed by atoms with Gasteiger partial charge in [0.25, 0.3) is 0 Å². The van der Waals surface area contributed by atoms with Gasteiger partial charge in [0.2, 0.25) is 17.6 Å². The topological polar surface area (TPSA) is 94.0 Å². The summed E-state index contributed by atoms with van der Waals surface area (Å²) in [6.45, 7) is 4.67. The Morgan fingerprint density at radius 1 is 1.48 bits per heavy atom. The van der Waals surface area contributed by atoms with Gasteiger partial charge in [0.1, 0.15) is 0 Å². The molecule has 0 spiro atoms. The van der Waals surface area contributed by atoms with Crippen LogP contribution in [-0.2, 0) is 11.2 Å². The minimum absolute atomic E-state index is 0. The molecule has 0 aliphatic heterocycles. The first-order chi connectivity index (χ1) is 10.6. The Bertz CT molecular complexity index is 586. The summed E-state index contributed by atoms with van der Waals surface area (Å²) in [5, 5.41) is 8.84. The van der Waals surface area contributed by atoms with E-state index in [0.717, 1.165) is 11.3 Å². The van der Waals surface area contributed by atoms with E-state index < -0.39 is 0 Å². The van der Waals surface area contributed by atoms with Crippen molar-refractivity contribution in [3.63, 3.8) is 0 Å². The van der Waals surface area contributed by atoms with Crippen molar-refractivity contribution in [2.45, 2.75) is 39.2 Å². The average Bonchev–Trinajstić information content (AvgIpc) is 3.14. The van der Waals surface area contributed by atoms with Crippen molar-refractivity contribution in [3.8, 4) is 10.7 Å². The highest BCUT2D eigenvalue weighted by molar-refractivity contribution is 7.13. The van der Waals surface area contributed by atoms with Gasteiger partial charge in [-0.25, -0.2) is 0 Å². The zero-order valence-corrected chi connectivity index (χ0v) is 15.0. The highest BCUT2D eigenvalue weighted by atomic mass is 35.5. The SMILES string of the molecule is CC(C)CC(CN)NC(=O)CCc1nc(-c2cccs2)no1.Cl. The molecule has 3 N–H and O–H groups in total. The van der Waals surface area contributed by atoms with E-state index in [1.165, 1.54) is 0 Å². The van der Waals surface area contributed by atoms with Gasteiger partial charge in [0, 0.05) is 25.4 Å². The molecule has 1 amide bonds. The fourth-order valence-corrected chi connectivity index (χ4v) is 2.81. The van der Waals surface area contributed by atoms with Crippen molar-refractivity contribution < 1.29 is 9.32 Å². The molecule has 0 bridgehead atoms. The van der Waals surface area contributed by atoms with E-state index in [0.29, 0.717) is 37.0 Å². The molecule has 2 rings (SSSR count). The van der Waals surface area contributed by atoms with Gasteiger partial charge in [0.15, 0.2) is 0 Å². The molecular formula is C15H23ClN4O2S. The number of thiophene rings is 1. The molecule has 0 aliphatic carbocycles. The maximum Gasteiger partial charge on any atom is 0.227 e. The summed E-state index contributed by atoms with van der Waals surface area (Å²) < 4.78 is 5.18. The third-order valence-electron chi connectivity index (χ3n) is 3.18. The number of aromatic nitrogens is 2. The largest absolute Gasteiger partial charge is 0.352 e. The fourth-order valence-electron chi connectivity index (χ4n) is 2.17. The second kappa shape index (κ2) is 9.64. The molecule has 128 valence electrons. The number of rotatable bonds is 8. The van der Waals surface area contributed by atoms with E-state index in [1.807, 2.05) is 17.5 Å². The minimum atomic E-state index is -0.0352. The monoisotopic (exact) mass is 358 g/mol. The second-order valence-electron chi connectivity index (χ2n) is 5.62. The Morgan fingerprint density at radius 2 is 2.26 bits per heavy atom. The first-order valence-corrected chi connectivity index (χ1v) is 8.32. The quantitative estimate of drug-likeness (QED) is 0.756. The molecule has 23 heavy (non-hydrogen) atoms. The van der Waals surface area contributed by atoms with Crippen LogP contribution in [0.15, 0.2) is 22.0 Å². The summed E-state index contributed by atoms with van der Waals surface area (Å²) in [5.74, 6) is 1.52. The predicted octanol–water partition coefficient (Wildman–Crippen LogP) is 2.64. The van der Waals surface area contributed by atoms with Crippen molar-refractivity contribution in [2.24, 2.45) is 11.7 Å². The van der Waals surface area contributed by atoms with Gasteiger partial charge >= 0.3 is 0 Å². The predicted molar refractivity (Wildman–Crippen MR) is 93.6 cm³/mol. The zero-order chi connectivity index (χ0) is 15.9. The normalized spacial score (nSPS) is 12.0. The maximum atomic E-state index is 11.9. The molecule has 6 nitrogen and oxygen atoms in total. The molecule has 2 aromatic heterocycles. The smallest absolute Gasteiger partial charge is 0.227 e. The van der Waals surface area contributed by atoms with Crippen LogP contribution in [0.3, 0.4) is 0 Å². The minimum Gasteiger partial charge on any atom is -0.352 e. The van der Waals surface area contributed by atoms with Crippen molar-refractivity contribution >= 4 is 29.7 Å². The number of hydrogen-bond donors (Lipinski definition) is 2. The molecule has 1 atom stereocenters. The summed E-state index contributed by atoms with van der Waals surface area (Å²) >= 11 is 1.55. The summed E-state index contributed by atoms with van der Waals surface area (Å²) in [6, 6.07) is 3.89. The number of carbonyl (C=O) groups is 1. The van der Waals surface area contributed by atoms with E-state index in [2.05, 4.69) is 29.3 Å². The number of nitrogens with zero attached hydrogens (tertiary/aromatic N) is 2. The molecular weight excluding hydrogens is 336 g/mol. The number of aryl methyl sites for hydroxylation is 1. The molecule has 0 saturated heterocycles. The molecule has 2 heterocycles. The zero-order valence-electron chi connectivity index (χ0n) is 13.3. The Morgan fingerprint density at radius 3 is 2.87 bits per heavy atom. The third-order valence-corrected chi connectivity index (χ3v) is 4.05. The fraction of sp³-hybridized carbons (Fsp3) is 0.533. The standard InChI is InChI=1S/C15H22N4O2S.ClH/c1-10(2)8-11(9-16)17-13(20)5-6-14-18-15(19-21-14)12-4-3-7-22-12;/h3-4,7,10-11H,5-6,8-9,16H2,1-2H3,(H,17,20);1H. The summed E-state index contributed by atoms with van der Waals surface area (Å²) in [5.41, 5.74) is 5.68. The van der Waals surface area contributed by atoms with Crippen LogP contribution in [0.4, 0.5) is 0 Å². The Labute approximate surface area is 146 Å². The van der Waals surface area contributed by atoms with Crippen LogP contribution in [0, 0.1) is 5.92 Å². The Hall–Kier alpha value is -1.44. The number of carbonyl (C=O) groups excluding carboxylic acids is 1. The van der Waals surface area contributed by atoms with Crippen molar-refractivity contribution in [1.29, 1.82) is 0 Å². The van der Waals surface area contributed by atoms with Crippen molar-refractivity contribution in [2.75, 3.05) is 6.54 Å². The number of nitrogens with one attached hydrogen (secondary N) is 1. The first-order valence-electron chi connectivity index (χ1n) is 7.44. The van der Waals surface area contributed by atoms with Crippen LogP contribution < -0.4 is 11.1 Å². The highest BCUT2D eigenvalue weighted by Gasteiger charge is 2.14. The third kappa shape index (κ3) is 6.29. The lowest BCUT2D eigenvalue weighted by atomic mass is 10.0. The molecule has 0 aliphatic rings. The van der Waals surface area contributed by atoms with Crippen molar-refractivity contribution in [1.82, 2.24) is 15.5 Å².